The average Bonchev–Trinajstić information content (AvgIpc) is 3.69. The standard InChI is InChI=1S/C29H33FN4O3S/c1-18-17-38-28(32-18)25-10-6-12-34(25)29(37)21-14-20(15-22(30)16-21)27(36)33-24(13-19-7-3-2-4-8-19)26(35)23-9-5-11-31-23/h2-4,7-8,14-17,23-26,31,35H,5-6,9-13H2,1H3,(H,33,36). The van der Waals surface area contributed by atoms with Crippen LogP contribution in [0.1, 0.15) is 68.7 Å². The summed E-state index contributed by atoms with van der Waals surface area (Å²) < 4.78 is 14.7. The van der Waals surface area contributed by atoms with Gasteiger partial charge in [0.2, 0.25) is 0 Å². The maximum Gasteiger partial charge on any atom is 0.254 e. The molecular weight excluding hydrogens is 503 g/mol. The number of rotatable bonds is 8. The number of aryl methyl sites for hydroxylation is 1. The quantitative estimate of drug-likeness (QED) is 0.404. The molecule has 3 N–H and O–H groups in total. The third-order valence-electron chi connectivity index (χ3n) is 7.38. The zero-order valence-corrected chi connectivity index (χ0v) is 22.2. The molecule has 2 fully saturated rings. The van der Waals surface area contributed by atoms with Gasteiger partial charge in [-0.1, -0.05) is 30.3 Å². The van der Waals surface area contributed by atoms with Crippen molar-refractivity contribution in [1.29, 1.82) is 0 Å². The molecule has 200 valence electrons. The lowest BCUT2D eigenvalue weighted by Crippen LogP contribution is -2.52. The molecule has 4 atom stereocenters. The molecule has 38 heavy (non-hydrogen) atoms. The highest BCUT2D eigenvalue weighted by molar-refractivity contribution is 7.09. The van der Waals surface area contributed by atoms with Crippen molar-refractivity contribution < 1.29 is 19.1 Å². The van der Waals surface area contributed by atoms with Crippen LogP contribution in [0.25, 0.3) is 0 Å². The number of aromatic nitrogens is 1. The minimum absolute atomic E-state index is 0.0545. The highest BCUT2D eigenvalue weighted by atomic mass is 32.1. The van der Waals surface area contributed by atoms with Crippen LogP contribution in [0.4, 0.5) is 4.39 Å². The number of aliphatic hydroxyl groups is 1. The van der Waals surface area contributed by atoms with Crippen molar-refractivity contribution in [2.75, 3.05) is 13.1 Å². The van der Waals surface area contributed by atoms with Crippen molar-refractivity contribution in [3.63, 3.8) is 0 Å². The van der Waals surface area contributed by atoms with E-state index in [0.29, 0.717) is 13.0 Å². The molecule has 4 unspecified atom stereocenters. The SMILES string of the molecule is Cc1csc(C2CCCN2C(=O)c2cc(F)cc(C(=O)NC(Cc3ccccc3)C(O)C3CCCN3)c2)n1. The van der Waals surface area contributed by atoms with Crippen LogP contribution in [0.2, 0.25) is 0 Å². The number of likely N-dealkylation sites (tertiary alicyclic amines) is 1. The van der Waals surface area contributed by atoms with Crippen LogP contribution < -0.4 is 10.6 Å². The Kier molecular flexibility index (Phi) is 8.16. The zero-order valence-electron chi connectivity index (χ0n) is 21.4. The fourth-order valence-electron chi connectivity index (χ4n) is 5.46. The molecular formula is C29H33FN4O3S. The summed E-state index contributed by atoms with van der Waals surface area (Å²) in [6, 6.07) is 12.5. The second-order valence-corrected chi connectivity index (χ2v) is 11.1. The van der Waals surface area contributed by atoms with Gasteiger partial charge in [0, 0.05) is 34.8 Å². The maximum absolute atomic E-state index is 14.7. The lowest BCUT2D eigenvalue weighted by Gasteiger charge is -2.29. The van der Waals surface area contributed by atoms with E-state index in [2.05, 4.69) is 15.6 Å². The summed E-state index contributed by atoms with van der Waals surface area (Å²) >= 11 is 1.52. The van der Waals surface area contributed by atoms with Gasteiger partial charge >= 0.3 is 0 Å². The van der Waals surface area contributed by atoms with Gasteiger partial charge in [-0.2, -0.15) is 0 Å². The molecule has 3 heterocycles. The Morgan fingerprint density at radius 1 is 1.18 bits per heavy atom. The summed E-state index contributed by atoms with van der Waals surface area (Å²) in [6.45, 7) is 3.30. The summed E-state index contributed by atoms with van der Waals surface area (Å²) in [5.41, 5.74) is 2.07. The first-order valence-electron chi connectivity index (χ1n) is 13.2. The fourth-order valence-corrected chi connectivity index (χ4v) is 6.40. The van der Waals surface area contributed by atoms with Crippen LogP contribution >= 0.6 is 11.3 Å². The molecule has 9 heteroatoms. The predicted octanol–water partition coefficient (Wildman–Crippen LogP) is 4.02. The third-order valence-corrected chi connectivity index (χ3v) is 8.44. The smallest absolute Gasteiger partial charge is 0.254 e. The van der Waals surface area contributed by atoms with Crippen molar-refractivity contribution in [2.24, 2.45) is 0 Å². The molecule has 3 aromatic rings. The number of halogens is 1. The summed E-state index contributed by atoms with van der Waals surface area (Å²) in [7, 11) is 0. The van der Waals surface area contributed by atoms with Gasteiger partial charge < -0.3 is 20.6 Å². The summed E-state index contributed by atoms with van der Waals surface area (Å²) in [5.74, 6) is -1.49. The fraction of sp³-hybridized carbons (Fsp3) is 0.414. The normalized spacial score (nSPS) is 20.9. The molecule has 2 saturated heterocycles. The molecule has 2 aromatic carbocycles. The van der Waals surface area contributed by atoms with E-state index in [9.17, 15) is 19.1 Å². The lowest BCUT2D eigenvalue weighted by atomic mass is 9.95. The number of nitrogens with zero attached hydrogens (tertiary/aromatic N) is 2. The number of benzene rings is 2. The Labute approximate surface area is 226 Å². The van der Waals surface area contributed by atoms with Crippen LogP contribution in [-0.4, -0.2) is 58.1 Å². The van der Waals surface area contributed by atoms with Crippen LogP contribution in [-0.2, 0) is 6.42 Å². The lowest BCUT2D eigenvalue weighted by molar-refractivity contribution is 0.0732. The van der Waals surface area contributed by atoms with E-state index in [1.807, 2.05) is 42.6 Å². The van der Waals surface area contributed by atoms with E-state index < -0.39 is 23.9 Å². The van der Waals surface area contributed by atoms with Gasteiger partial charge in [-0.05, 0) is 69.3 Å². The molecule has 7 nitrogen and oxygen atoms in total. The Morgan fingerprint density at radius 2 is 1.97 bits per heavy atom. The summed E-state index contributed by atoms with van der Waals surface area (Å²) in [5, 5.41) is 20.2. The van der Waals surface area contributed by atoms with Crippen LogP contribution in [0, 0.1) is 12.7 Å². The van der Waals surface area contributed by atoms with E-state index >= 15 is 0 Å². The van der Waals surface area contributed by atoms with Crippen LogP contribution in [0.3, 0.4) is 0 Å². The molecule has 2 aliphatic rings. The molecule has 0 saturated carbocycles. The highest BCUT2D eigenvalue weighted by Gasteiger charge is 2.34. The Hall–Kier alpha value is -3.14. The largest absolute Gasteiger partial charge is 0.389 e. The van der Waals surface area contributed by atoms with Gasteiger partial charge in [0.1, 0.15) is 10.8 Å². The van der Waals surface area contributed by atoms with Gasteiger partial charge in [-0.25, -0.2) is 9.37 Å². The Balaban J connectivity index is 1.36. The molecule has 5 rings (SSSR count). The third kappa shape index (κ3) is 5.95. The number of thiazole rings is 1. The molecule has 0 bridgehead atoms. The minimum Gasteiger partial charge on any atom is -0.389 e. The molecule has 2 aliphatic heterocycles. The van der Waals surface area contributed by atoms with Gasteiger partial charge in [0.25, 0.3) is 11.8 Å². The Bertz CT molecular complexity index is 1280. The van der Waals surface area contributed by atoms with Gasteiger partial charge in [-0.3, -0.25) is 9.59 Å². The molecule has 0 aliphatic carbocycles. The number of hydrogen-bond donors (Lipinski definition) is 3. The number of carbonyl (C=O) groups is 2. The van der Waals surface area contributed by atoms with Gasteiger partial charge in [0.15, 0.2) is 0 Å². The Morgan fingerprint density at radius 3 is 2.68 bits per heavy atom. The first-order chi connectivity index (χ1) is 18.4. The van der Waals surface area contributed by atoms with Crippen molar-refractivity contribution in [1.82, 2.24) is 20.5 Å². The van der Waals surface area contributed by atoms with E-state index in [-0.39, 0.29) is 29.1 Å². The van der Waals surface area contributed by atoms with E-state index in [1.54, 1.807) is 4.90 Å². The van der Waals surface area contributed by atoms with Crippen molar-refractivity contribution >= 4 is 23.2 Å². The highest BCUT2D eigenvalue weighted by Crippen LogP contribution is 2.35. The first-order valence-corrected chi connectivity index (χ1v) is 14.1. The molecule has 1 aromatic heterocycles. The second kappa shape index (κ2) is 11.7. The predicted molar refractivity (Wildman–Crippen MR) is 145 cm³/mol. The van der Waals surface area contributed by atoms with E-state index in [0.717, 1.165) is 54.6 Å². The van der Waals surface area contributed by atoms with Crippen molar-refractivity contribution in [3.05, 3.63) is 87.1 Å². The number of amides is 2. The summed E-state index contributed by atoms with van der Waals surface area (Å²) in [6.07, 6.45) is 3.03. The zero-order chi connectivity index (χ0) is 26.6. The monoisotopic (exact) mass is 536 g/mol. The van der Waals surface area contributed by atoms with Crippen molar-refractivity contribution in [3.8, 4) is 0 Å². The number of carbonyl (C=O) groups excluding carboxylic acids is 2. The second-order valence-electron chi connectivity index (χ2n) is 10.2. The number of nitrogens with one attached hydrogen (secondary N) is 2. The van der Waals surface area contributed by atoms with E-state index in [4.69, 9.17) is 0 Å². The van der Waals surface area contributed by atoms with Crippen LogP contribution in [0.15, 0.2) is 53.9 Å². The van der Waals surface area contributed by atoms with Crippen LogP contribution in [0.5, 0.6) is 0 Å². The number of aliphatic hydroxyl groups excluding tert-OH is 1. The minimum atomic E-state index is -0.816. The van der Waals surface area contributed by atoms with E-state index in [1.165, 1.54) is 23.5 Å². The van der Waals surface area contributed by atoms with Crippen molar-refractivity contribution in [2.45, 2.75) is 63.3 Å². The molecule has 2 amide bonds. The molecule has 0 radical (unpaired) electrons. The maximum atomic E-state index is 14.7. The first kappa shape index (κ1) is 26.5. The van der Waals surface area contributed by atoms with Gasteiger partial charge in [-0.15, -0.1) is 11.3 Å². The average molecular weight is 537 g/mol. The molecule has 0 spiro atoms. The van der Waals surface area contributed by atoms with Gasteiger partial charge in [0.05, 0.1) is 18.2 Å². The topological polar surface area (TPSA) is 94.6 Å². The summed E-state index contributed by atoms with van der Waals surface area (Å²) in [4.78, 5) is 33.1. The number of hydrogen-bond acceptors (Lipinski definition) is 6.